The van der Waals surface area contributed by atoms with Crippen LogP contribution in [-0.4, -0.2) is 55.1 Å². The molecule has 2 atom stereocenters. The van der Waals surface area contributed by atoms with Crippen LogP contribution in [0.5, 0.6) is 0 Å². The Morgan fingerprint density at radius 2 is 1.61 bits per heavy atom. The number of rotatable bonds is 10. The fraction of sp³-hybridized carbons (Fsp3) is 0.333. The topological polar surface area (TPSA) is 86.8 Å². The Bertz CT molecular complexity index is 1330. The molecule has 0 unspecified atom stereocenters. The molecule has 9 heteroatoms. The predicted octanol–water partition coefficient (Wildman–Crippen LogP) is 4.45. The maximum atomic E-state index is 13.4. The molecule has 0 saturated heterocycles. The number of likely N-dealkylation sites (N-methyl/N-ethyl adjacent to an activating group) is 1. The normalized spacial score (nSPS) is 13.4. The van der Waals surface area contributed by atoms with Crippen LogP contribution in [-0.2, 0) is 26.2 Å². The molecule has 0 radical (unpaired) electrons. The Kier molecular flexibility index (Phi) is 9.11. The van der Waals surface area contributed by atoms with E-state index in [9.17, 15) is 18.0 Å². The molecule has 0 heterocycles. The first-order valence-electron chi connectivity index (χ1n) is 11.8. The number of sulfonamides is 1. The Balaban J connectivity index is 1.84. The number of nitrogens with zero attached hydrogens (tertiary/aromatic N) is 2. The van der Waals surface area contributed by atoms with Crippen LogP contribution in [0.1, 0.15) is 32.8 Å². The molecule has 192 valence electrons. The molecule has 2 amide bonds. The van der Waals surface area contributed by atoms with E-state index in [4.69, 9.17) is 11.6 Å². The first-order valence-corrected chi connectivity index (χ1v) is 13.6. The van der Waals surface area contributed by atoms with Crippen molar-refractivity contribution in [3.8, 4) is 0 Å². The standard InChI is InChI=1S/C27H32ClN3O4S/c1-5-19(2)29-27(33)20(3)31(17-21-10-13-24(28)14-11-21)26(32)18-30(4)36(34,35)25-15-12-22-8-6-7-9-23(22)16-25/h6-16,19-20H,5,17-18H2,1-4H3,(H,29,33)/t19-,20+/m0/s1. The summed E-state index contributed by atoms with van der Waals surface area (Å²) in [6, 6.07) is 18.4. The average molecular weight is 530 g/mol. The van der Waals surface area contributed by atoms with E-state index in [2.05, 4.69) is 5.32 Å². The molecule has 0 aliphatic carbocycles. The predicted molar refractivity (Wildman–Crippen MR) is 143 cm³/mol. The molecule has 0 aromatic heterocycles. The smallest absolute Gasteiger partial charge is 0.243 e. The molecule has 0 bridgehead atoms. The molecule has 0 aliphatic rings. The van der Waals surface area contributed by atoms with Gasteiger partial charge in [0.1, 0.15) is 6.04 Å². The minimum atomic E-state index is -3.94. The van der Waals surface area contributed by atoms with E-state index >= 15 is 0 Å². The summed E-state index contributed by atoms with van der Waals surface area (Å²) >= 11 is 5.99. The Morgan fingerprint density at radius 1 is 0.972 bits per heavy atom. The van der Waals surface area contributed by atoms with Crippen LogP contribution in [0, 0.1) is 0 Å². The lowest BCUT2D eigenvalue weighted by Gasteiger charge is -2.31. The molecular formula is C27H32ClN3O4S. The van der Waals surface area contributed by atoms with Crippen molar-refractivity contribution in [3.05, 3.63) is 77.3 Å². The van der Waals surface area contributed by atoms with E-state index in [0.717, 1.165) is 27.1 Å². The van der Waals surface area contributed by atoms with Gasteiger partial charge in [0.25, 0.3) is 0 Å². The maximum absolute atomic E-state index is 13.4. The second kappa shape index (κ2) is 11.9. The van der Waals surface area contributed by atoms with E-state index in [-0.39, 0.29) is 23.4 Å². The van der Waals surface area contributed by atoms with Gasteiger partial charge in [0, 0.05) is 24.7 Å². The van der Waals surface area contributed by atoms with Crippen molar-refractivity contribution < 1.29 is 18.0 Å². The number of hydrogen-bond acceptors (Lipinski definition) is 4. The van der Waals surface area contributed by atoms with Gasteiger partial charge in [-0.1, -0.05) is 61.0 Å². The van der Waals surface area contributed by atoms with Gasteiger partial charge < -0.3 is 10.2 Å². The summed E-state index contributed by atoms with van der Waals surface area (Å²) < 4.78 is 27.6. The fourth-order valence-electron chi connectivity index (χ4n) is 3.71. The summed E-state index contributed by atoms with van der Waals surface area (Å²) in [5, 5.41) is 5.17. The number of amides is 2. The summed E-state index contributed by atoms with van der Waals surface area (Å²) in [5.41, 5.74) is 0.774. The fourth-order valence-corrected chi connectivity index (χ4v) is 4.99. The van der Waals surface area contributed by atoms with E-state index in [1.807, 2.05) is 38.1 Å². The van der Waals surface area contributed by atoms with Crippen LogP contribution >= 0.6 is 11.6 Å². The van der Waals surface area contributed by atoms with Crippen molar-refractivity contribution in [1.29, 1.82) is 0 Å². The molecule has 3 aromatic rings. The summed E-state index contributed by atoms with van der Waals surface area (Å²) in [5.74, 6) is -0.782. The lowest BCUT2D eigenvalue weighted by Crippen LogP contribution is -2.51. The second-order valence-corrected chi connectivity index (χ2v) is 11.4. The van der Waals surface area contributed by atoms with Crippen LogP contribution in [0.3, 0.4) is 0 Å². The van der Waals surface area contributed by atoms with Gasteiger partial charge in [-0.25, -0.2) is 8.42 Å². The molecule has 3 aromatic carbocycles. The van der Waals surface area contributed by atoms with Crippen LogP contribution in [0.4, 0.5) is 0 Å². The molecule has 0 fully saturated rings. The number of hydrogen-bond donors (Lipinski definition) is 1. The summed E-state index contributed by atoms with van der Waals surface area (Å²) in [7, 11) is -2.57. The molecule has 0 spiro atoms. The van der Waals surface area contributed by atoms with Gasteiger partial charge in [0.2, 0.25) is 21.8 Å². The average Bonchev–Trinajstić information content (AvgIpc) is 2.87. The van der Waals surface area contributed by atoms with Gasteiger partial charge in [-0.05, 0) is 60.9 Å². The quantitative estimate of drug-likeness (QED) is 0.420. The number of carbonyl (C=O) groups is 2. The highest BCUT2D eigenvalue weighted by Gasteiger charge is 2.30. The van der Waals surface area contributed by atoms with Gasteiger partial charge in [-0.3, -0.25) is 9.59 Å². The van der Waals surface area contributed by atoms with Crippen molar-refractivity contribution in [3.63, 3.8) is 0 Å². The van der Waals surface area contributed by atoms with Crippen molar-refractivity contribution in [2.75, 3.05) is 13.6 Å². The molecular weight excluding hydrogens is 498 g/mol. The summed E-state index contributed by atoms with van der Waals surface area (Å²) in [6.07, 6.45) is 0.746. The van der Waals surface area contributed by atoms with Crippen LogP contribution < -0.4 is 5.32 Å². The van der Waals surface area contributed by atoms with Gasteiger partial charge >= 0.3 is 0 Å². The van der Waals surface area contributed by atoms with Gasteiger partial charge in [-0.15, -0.1) is 0 Å². The Hall–Kier alpha value is -2.94. The maximum Gasteiger partial charge on any atom is 0.243 e. The van der Waals surface area contributed by atoms with Crippen molar-refractivity contribution in [2.24, 2.45) is 0 Å². The molecule has 36 heavy (non-hydrogen) atoms. The number of halogens is 1. The highest BCUT2D eigenvalue weighted by Crippen LogP contribution is 2.22. The third kappa shape index (κ3) is 6.63. The van der Waals surface area contributed by atoms with Gasteiger partial charge in [0.15, 0.2) is 0 Å². The lowest BCUT2D eigenvalue weighted by atomic mass is 10.1. The highest BCUT2D eigenvalue weighted by atomic mass is 35.5. The van der Waals surface area contributed by atoms with Crippen LogP contribution in [0.15, 0.2) is 71.6 Å². The first kappa shape index (κ1) is 27.6. The van der Waals surface area contributed by atoms with E-state index < -0.39 is 28.5 Å². The van der Waals surface area contributed by atoms with Gasteiger partial charge in [-0.2, -0.15) is 4.31 Å². The first-order chi connectivity index (χ1) is 17.0. The minimum absolute atomic E-state index is 0.0524. The van der Waals surface area contributed by atoms with Crippen molar-refractivity contribution >= 4 is 44.2 Å². The third-order valence-corrected chi connectivity index (χ3v) is 8.27. The Morgan fingerprint density at radius 3 is 2.25 bits per heavy atom. The molecule has 0 saturated carbocycles. The third-order valence-electron chi connectivity index (χ3n) is 6.22. The molecule has 1 N–H and O–H groups in total. The zero-order valence-electron chi connectivity index (χ0n) is 20.9. The zero-order valence-corrected chi connectivity index (χ0v) is 22.5. The zero-order chi connectivity index (χ0) is 26.5. The monoisotopic (exact) mass is 529 g/mol. The number of benzene rings is 3. The number of fused-ring (bicyclic) bond motifs is 1. The minimum Gasteiger partial charge on any atom is -0.352 e. The second-order valence-electron chi connectivity index (χ2n) is 8.91. The molecule has 7 nitrogen and oxygen atoms in total. The Labute approximate surface area is 218 Å². The molecule has 0 aliphatic heterocycles. The van der Waals surface area contributed by atoms with E-state index in [1.54, 1.807) is 43.3 Å². The lowest BCUT2D eigenvalue weighted by molar-refractivity contribution is -0.140. The highest BCUT2D eigenvalue weighted by molar-refractivity contribution is 7.89. The van der Waals surface area contributed by atoms with Crippen molar-refractivity contribution in [1.82, 2.24) is 14.5 Å². The number of carbonyl (C=O) groups excluding carboxylic acids is 2. The van der Waals surface area contributed by atoms with E-state index in [1.165, 1.54) is 18.0 Å². The SMILES string of the molecule is CC[C@H](C)NC(=O)[C@@H](C)N(Cc1ccc(Cl)cc1)C(=O)CN(C)S(=O)(=O)c1ccc2ccccc2c1. The largest absolute Gasteiger partial charge is 0.352 e. The van der Waals surface area contributed by atoms with E-state index in [0.29, 0.717) is 5.02 Å². The van der Waals surface area contributed by atoms with Crippen LogP contribution in [0.25, 0.3) is 10.8 Å². The summed E-state index contributed by atoms with van der Waals surface area (Å²) in [4.78, 5) is 27.8. The van der Waals surface area contributed by atoms with Gasteiger partial charge in [0.05, 0.1) is 11.4 Å². The summed E-state index contributed by atoms with van der Waals surface area (Å²) in [6.45, 7) is 5.21. The number of nitrogens with one attached hydrogen (secondary N) is 1. The van der Waals surface area contributed by atoms with Crippen molar-refractivity contribution in [2.45, 2.75) is 50.7 Å². The van der Waals surface area contributed by atoms with Crippen LogP contribution in [0.2, 0.25) is 5.02 Å². The molecule has 3 rings (SSSR count).